The molecule has 0 radical (unpaired) electrons. The summed E-state index contributed by atoms with van der Waals surface area (Å²) in [5, 5.41) is 3.18. The Morgan fingerprint density at radius 2 is 2.19 bits per heavy atom. The molecular weight excluding hydrogens is 342 g/mol. The Hall–Kier alpha value is -2.08. The number of oxazole rings is 1. The summed E-state index contributed by atoms with van der Waals surface area (Å²) in [5.74, 6) is 0.367. The second-order valence-corrected chi connectivity index (χ2v) is 8.67. The number of anilines is 1. The van der Waals surface area contributed by atoms with Crippen molar-refractivity contribution in [3.8, 4) is 0 Å². The second-order valence-electron chi connectivity index (χ2n) is 8.67. The van der Waals surface area contributed by atoms with Crippen LogP contribution in [0.15, 0.2) is 16.5 Å². The Morgan fingerprint density at radius 1 is 1.41 bits per heavy atom. The SMILES string of the molecule is COCC(=O)NC1C2CCCN(c3nc4cc(C)cc(C)c4o3)C2C1(C)C. The van der Waals surface area contributed by atoms with E-state index in [4.69, 9.17) is 14.1 Å². The van der Waals surface area contributed by atoms with Gasteiger partial charge in [-0.15, -0.1) is 0 Å². The number of carbonyl (C=O) groups is 1. The second kappa shape index (κ2) is 6.51. The first-order valence-corrected chi connectivity index (χ1v) is 9.75. The first-order chi connectivity index (χ1) is 12.8. The summed E-state index contributed by atoms with van der Waals surface area (Å²) in [7, 11) is 1.55. The van der Waals surface area contributed by atoms with Gasteiger partial charge in [0.25, 0.3) is 6.01 Å². The van der Waals surface area contributed by atoms with E-state index in [1.54, 1.807) is 7.11 Å². The minimum Gasteiger partial charge on any atom is -0.423 e. The number of carbonyl (C=O) groups excluding carboxylic acids is 1. The molecule has 0 bridgehead atoms. The lowest BCUT2D eigenvalue weighted by molar-refractivity contribution is -0.131. The normalized spacial score (nSPS) is 26.6. The van der Waals surface area contributed by atoms with E-state index in [1.165, 1.54) is 5.56 Å². The zero-order valence-corrected chi connectivity index (χ0v) is 16.8. The fraction of sp³-hybridized carbons (Fsp3) is 0.619. The molecule has 1 amide bonds. The molecule has 6 heteroatoms. The largest absolute Gasteiger partial charge is 0.423 e. The number of amides is 1. The van der Waals surface area contributed by atoms with Gasteiger partial charge in [0.1, 0.15) is 12.1 Å². The highest BCUT2D eigenvalue weighted by Crippen LogP contribution is 2.53. The molecule has 1 saturated carbocycles. The molecule has 2 aromatic rings. The van der Waals surface area contributed by atoms with Crippen LogP contribution in [0.1, 0.15) is 37.8 Å². The van der Waals surface area contributed by atoms with Gasteiger partial charge in [0.15, 0.2) is 5.58 Å². The topological polar surface area (TPSA) is 67.6 Å². The van der Waals surface area contributed by atoms with Crippen molar-refractivity contribution >= 4 is 23.0 Å². The molecule has 2 fully saturated rings. The number of hydrogen-bond acceptors (Lipinski definition) is 5. The first kappa shape index (κ1) is 18.3. The number of fused-ring (bicyclic) bond motifs is 2. The number of rotatable bonds is 4. The average molecular weight is 371 g/mol. The minimum atomic E-state index is -0.0555. The Bertz CT molecular complexity index is 873. The van der Waals surface area contributed by atoms with Crippen molar-refractivity contribution in [2.24, 2.45) is 11.3 Å². The van der Waals surface area contributed by atoms with Crippen molar-refractivity contribution in [1.82, 2.24) is 10.3 Å². The van der Waals surface area contributed by atoms with Gasteiger partial charge in [-0.05, 0) is 43.9 Å². The van der Waals surface area contributed by atoms with E-state index in [1.807, 2.05) is 0 Å². The van der Waals surface area contributed by atoms with Gasteiger partial charge in [-0.25, -0.2) is 0 Å². The van der Waals surface area contributed by atoms with E-state index in [0.29, 0.717) is 18.0 Å². The van der Waals surface area contributed by atoms with E-state index < -0.39 is 0 Å². The van der Waals surface area contributed by atoms with Crippen LogP contribution in [-0.4, -0.2) is 43.2 Å². The van der Waals surface area contributed by atoms with Gasteiger partial charge in [0, 0.05) is 37.1 Å². The molecule has 3 atom stereocenters. The standard InChI is InChI=1S/C21H29N3O3/c1-12-9-13(2)17-15(10-12)22-20(27-17)24-8-6-7-14-18(21(3,4)19(14)24)23-16(25)11-26-5/h9-10,14,18-19H,6-8,11H2,1-5H3,(H,23,25). The van der Waals surface area contributed by atoms with Crippen molar-refractivity contribution in [3.05, 3.63) is 23.3 Å². The third-order valence-electron chi connectivity index (χ3n) is 6.32. The maximum atomic E-state index is 12.1. The van der Waals surface area contributed by atoms with Crippen LogP contribution in [0.3, 0.4) is 0 Å². The average Bonchev–Trinajstić information content (AvgIpc) is 3.03. The molecule has 1 aromatic heterocycles. The predicted molar refractivity (Wildman–Crippen MR) is 105 cm³/mol. The molecule has 27 heavy (non-hydrogen) atoms. The molecule has 1 aromatic carbocycles. The van der Waals surface area contributed by atoms with Crippen LogP contribution < -0.4 is 10.2 Å². The van der Waals surface area contributed by atoms with Crippen LogP contribution in [0.4, 0.5) is 6.01 Å². The highest BCUT2D eigenvalue weighted by molar-refractivity contribution is 5.79. The summed E-state index contributed by atoms with van der Waals surface area (Å²) < 4.78 is 11.2. The molecule has 0 spiro atoms. The van der Waals surface area contributed by atoms with Gasteiger partial charge < -0.3 is 19.4 Å². The lowest BCUT2D eigenvalue weighted by Crippen LogP contribution is -2.75. The lowest BCUT2D eigenvalue weighted by Gasteiger charge is -2.63. The van der Waals surface area contributed by atoms with Crippen molar-refractivity contribution in [2.75, 3.05) is 25.2 Å². The third kappa shape index (κ3) is 2.90. The Kier molecular flexibility index (Phi) is 4.41. The van der Waals surface area contributed by atoms with E-state index in [2.05, 4.69) is 50.0 Å². The molecule has 1 N–H and O–H groups in total. The van der Waals surface area contributed by atoms with Crippen molar-refractivity contribution in [1.29, 1.82) is 0 Å². The number of methoxy groups -OCH3 is 1. The maximum Gasteiger partial charge on any atom is 0.298 e. The van der Waals surface area contributed by atoms with Gasteiger partial charge in [-0.2, -0.15) is 4.98 Å². The van der Waals surface area contributed by atoms with Crippen molar-refractivity contribution in [2.45, 2.75) is 52.6 Å². The molecule has 1 saturated heterocycles. The number of nitrogens with one attached hydrogen (secondary N) is 1. The third-order valence-corrected chi connectivity index (χ3v) is 6.32. The summed E-state index contributed by atoms with van der Waals surface area (Å²) in [5.41, 5.74) is 4.06. The fourth-order valence-corrected chi connectivity index (χ4v) is 5.29. The molecule has 6 nitrogen and oxygen atoms in total. The van der Waals surface area contributed by atoms with Gasteiger partial charge >= 0.3 is 0 Å². The highest BCUT2D eigenvalue weighted by Gasteiger charge is 2.60. The minimum absolute atomic E-state index is 0.0425. The molecule has 3 unspecified atom stereocenters. The van der Waals surface area contributed by atoms with Crippen molar-refractivity contribution in [3.63, 3.8) is 0 Å². The number of nitrogens with zero attached hydrogens (tertiary/aromatic N) is 2. The number of hydrogen-bond donors (Lipinski definition) is 1. The van der Waals surface area contributed by atoms with Crippen LogP contribution >= 0.6 is 0 Å². The molecule has 2 aliphatic rings. The summed E-state index contributed by atoms with van der Waals surface area (Å²) in [4.78, 5) is 19.2. The molecule has 146 valence electrons. The Labute approximate surface area is 160 Å². The smallest absolute Gasteiger partial charge is 0.298 e. The summed E-state index contributed by atoms with van der Waals surface area (Å²) in [6.07, 6.45) is 2.19. The zero-order chi connectivity index (χ0) is 19.3. The molecule has 1 aliphatic carbocycles. The first-order valence-electron chi connectivity index (χ1n) is 9.75. The molecule has 2 heterocycles. The molecule has 1 aliphatic heterocycles. The number of aromatic nitrogens is 1. The fourth-order valence-electron chi connectivity index (χ4n) is 5.29. The zero-order valence-electron chi connectivity index (χ0n) is 16.8. The van der Waals surface area contributed by atoms with Crippen LogP contribution in [0.2, 0.25) is 0 Å². The van der Waals surface area contributed by atoms with Crippen LogP contribution in [-0.2, 0) is 9.53 Å². The number of piperidine rings is 1. The van der Waals surface area contributed by atoms with Gasteiger partial charge in [-0.1, -0.05) is 19.9 Å². The van der Waals surface area contributed by atoms with Crippen LogP contribution in [0.5, 0.6) is 0 Å². The molecular formula is C21H29N3O3. The van der Waals surface area contributed by atoms with Crippen LogP contribution in [0.25, 0.3) is 11.1 Å². The van der Waals surface area contributed by atoms with E-state index in [-0.39, 0.29) is 24.0 Å². The van der Waals surface area contributed by atoms with E-state index in [9.17, 15) is 4.79 Å². The number of benzene rings is 1. The Morgan fingerprint density at radius 3 is 2.93 bits per heavy atom. The van der Waals surface area contributed by atoms with E-state index >= 15 is 0 Å². The predicted octanol–water partition coefficient (Wildman–Crippen LogP) is 3.20. The summed E-state index contributed by atoms with van der Waals surface area (Å²) in [6, 6.07) is 5.39. The van der Waals surface area contributed by atoms with Gasteiger partial charge in [-0.3, -0.25) is 4.79 Å². The summed E-state index contributed by atoms with van der Waals surface area (Å²) >= 11 is 0. The monoisotopic (exact) mass is 371 g/mol. The summed E-state index contributed by atoms with van der Waals surface area (Å²) in [6.45, 7) is 9.65. The lowest BCUT2D eigenvalue weighted by atomic mass is 9.52. The van der Waals surface area contributed by atoms with Gasteiger partial charge in [0.05, 0.1) is 0 Å². The van der Waals surface area contributed by atoms with E-state index in [0.717, 1.165) is 36.0 Å². The highest BCUT2D eigenvalue weighted by atomic mass is 16.5. The van der Waals surface area contributed by atoms with Crippen molar-refractivity contribution < 1.29 is 13.9 Å². The molecule has 4 rings (SSSR count). The maximum absolute atomic E-state index is 12.1. The number of aryl methyl sites for hydroxylation is 2. The Balaban J connectivity index is 1.62. The van der Waals surface area contributed by atoms with Crippen LogP contribution in [0, 0.1) is 25.2 Å². The number of ether oxygens (including phenoxy) is 1. The quantitative estimate of drug-likeness (QED) is 0.894. The van der Waals surface area contributed by atoms with Gasteiger partial charge in [0.2, 0.25) is 5.91 Å².